The number of benzene rings is 6. The van der Waals surface area contributed by atoms with Gasteiger partial charge in [-0.2, -0.15) is 16.8 Å². The highest BCUT2D eigenvalue weighted by molar-refractivity contribution is 7.95. The number of hydrogen-bond acceptors (Lipinski definition) is 23. The van der Waals surface area contributed by atoms with Gasteiger partial charge in [-0.3, -0.25) is 14.1 Å². The van der Waals surface area contributed by atoms with Crippen molar-refractivity contribution in [1.82, 2.24) is 9.97 Å². The highest BCUT2D eigenvalue weighted by atomic mass is 32.2. The van der Waals surface area contributed by atoms with Gasteiger partial charge in [0.15, 0.2) is 5.75 Å². The number of phenols is 1. The van der Waals surface area contributed by atoms with Crippen LogP contribution in [0.15, 0.2) is 154 Å². The van der Waals surface area contributed by atoms with Gasteiger partial charge >= 0.3 is 5.97 Å². The van der Waals surface area contributed by atoms with Crippen LogP contribution in [0.25, 0.3) is 43.4 Å². The monoisotopic (exact) mass is 987 g/mol. The zero-order valence-electron chi connectivity index (χ0n) is 33.0. The van der Waals surface area contributed by atoms with Crippen molar-refractivity contribution in [3.63, 3.8) is 0 Å². The average molecular weight is 988 g/mol. The van der Waals surface area contributed by atoms with Crippen molar-refractivity contribution in [2.45, 2.75) is 19.6 Å². The Hall–Kier alpha value is -7.19. The molecule has 0 saturated heterocycles. The van der Waals surface area contributed by atoms with Crippen molar-refractivity contribution in [1.29, 1.82) is 0 Å². The number of carbonyl (C=O) groups is 1. The van der Waals surface area contributed by atoms with Crippen LogP contribution in [0, 0.1) is 0 Å². The predicted molar refractivity (Wildman–Crippen MR) is 238 cm³/mol. The molecule has 0 spiro atoms. The van der Waals surface area contributed by atoms with Crippen molar-refractivity contribution in [2.75, 3.05) is 5.73 Å². The van der Waals surface area contributed by atoms with E-state index in [1.54, 1.807) is 30.3 Å². The fourth-order valence-electron chi connectivity index (χ4n) is 6.51. The third-order valence-electron chi connectivity index (χ3n) is 9.48. The molecule has 67 heavy (non-hydrogen) atoms. The second-order valence-electron chi connectivity index (χ2n) is 13.5. The van der Waals surface area contributed by atoms with E-state index in [9.17, 15) is 40.9 Å². The number of aromatic carboxylic acids is 1. The van der Waals surface area contributed by atoms with Gasteiger partial charge in [-0.1, -0.05) is 16.1 Å². The number of anilines is 1. The summed E-state index contributed by atoms with van der Waals surface area (Å²) >= 11 is 1.09. The smallest absolute Gasteiger partial charge is 0.354 e. The third kappa shape index (κ3) is 9.99. The zero-order chi connectivity index (χ0) is 47.6. The molecule has 0 aliphatic carbocycles. The van der Waals surface area contributed by atoms with Gasteiger partial charge in [0.25, 0.3) is 20.2 Å². The Labute approximate surface area is 382 Å². The topological polar surface area (TPSA) is 370 Å². The fourth-order valence-corrected chi connectivity index (χ4v) is 8.56. The first-order valence-corrected chi connectivity index (χ1v) is 22.6. The fraction of sp³-hybridized carbons (Fsp3) is 0. The van der Waals surface area contributed by atoms with Crippen LogP contribution in [0.1, 0.15) is 10.5 Å². The van der Waals surface area contributed by atoms with E-state index >= 15 is 0 Å². The molecule has 8 aromatic rings. The summed E-state index contributed by atoms with van der Waals surface area (Å²) in [5.74, 6) is -2.00. The number of carboxylic acid groups (broad SMARTS) is 1. The summed E-state index contributed by atoms with van der Waals surface area (Å²) in [4.78, 5) is 20.0. The third-order valence-corrected chi connectivity index (χ3v) is 12.4. The van der Waals surface area contributed by atoms with Crippen molar-refractivity contribution < 1.29 is 70.2 Å². The maximum Gasteiger partial charge on any atom is 0.354 e. The zero-order valence-corrected chi connectivity index (χ0v) is 36.2. The molecule has 24 nitrogen and oxygen atoms in total. The molecule has 2 heterocycles. The lowest BCUT2D eigenvalue weighted by molar-refractivity contribution is -0.432. The number of phenolic OH excluding ortho intramolecular Hbond substituents is 1. The van der Waals surface area contributed by atoms with Gasteiger partial charge in [-0.15, -0.1) is 39.4 Å². The van der Waals surface area contributed by atoms with Crippen molar-refractivity contribution >= 4 is 133 Å². The molecule has 2 aromatic heterocycles. The molecule has 0 fully saturated rings. The lowest BCUT2D eigenvalue weighted by Crippen LogP contribution is -2.03. The molecular weight excluding hydrogens is 963 g/mol. The Balaban J connectivity index is 1.19. The second-order valence-corrected chi connectivity index (χ2v) is 17.9. The van der Waals surface area contributed by atoms with Crippen LogP contribution in [0.2, 0.25) is 0 Å². The van der Waals surface area contributed by atoms with E-state index in [2.05, 4.69) is 59.4 Å². The minimum absolute atomic E-state index is 0.0349. The summed E-state index contributed by atoms with van der Waals surface area (Å²) in [6.45, 7) is 0. The first kappa shape index (κ1) is 46.3. The number of nitrogen functional groups attached to an aromatic ring is 1. The van der Waals surface area contributed by atoms with Gasteiger partial charge in [-0.05, 0) is 96.4 Å². The number of carboxylic acids is 1. The SMILES string of the molecule is Nc1cc2c(O)c(/N=N/c3ccc(/N=N/c4ccc(/N=N/c5cnc6ccc(SOOO)cc6c5)c5ccc(S(=O)(=O)O)cc45)c4ccc(C(=O)O)nc34)c(SOOO)cc2cc1S(=O)(=O)O. The number of nitrogens with zero attached hydrogens (tertiary/aromatic N) is 8. The molecule has 0 amide bonds. The molecule has 0 bridgehead atoms. The molecule has 8 N–H and O–H groups in total. The summed E-state index contributed by atoms with van der Waals surface area (Å²) in [7, 11) is -9.48. The van der Waals surface area contributed by atoms with Gasteiger partial charge in [0, 0.05) is 31.8 Å². The number of aromatic hydroxyl groups is 1. The molecule has 8 rings (SSSR count). The Morgan fingerprint density at radius 1 is 0.642 bits per heavy atom. The maximum atomic E-state index is 12.2. The van der Waals surface area contributed by atoms with E-state index < -0.39 is 53.1 Å². The van der Waals surface area contributed by atoms with Gasteiger partial charge in [0.1, 0.15) is 33.2 Å². The van der Waals surface area contributed by atoms with E-state index in [1.165, 1.54) is 60.8 Å². The first-order valence-electron chi connectivity index (χ1n) is 18.2. The van der Waals surface area contributed by atoms with Crippen LogP contribution in [0.4, 0.5) is 39.8 Å². The maximum absolute atomic E-state index is 12.2. The van der Waals surface area contributed by atoms with Gasteiger partial charge in [0.2, 0.25) is 0 Å². The Morgan fingerprint density at radius 2 is 1.30 bits per heavy atom. The van der Waals surface area contributed by atoms with Crippen LogP contribution in [0.3, 0.4) is 0 Å². The molecule has 0 unspecified atom stereocenters. The number of hydrogen-bond donors (Lipinski definition) is 7. The van der Waals surface area contributed by atoms with E-state index in [0.717, 1.165) is 24.2 Å². The van der Waals surface area contributed by atoms with Crippen molar-refractivity contribution in [2.24, 2.45) is 30.7 Å². The standard InChI is InChI=1S/C39H25N9O15S4/c40-27-16-25-18(14-35(27)67(57,58)59)13-34(65-63-61-53)37(38(25)49)48-47-32-10-9-30(24-4-6-33(39(50)51)42-36(24)32)45-46-31-8-7-29(23-3-2-22(15-26(23)31)66(54,55)56)44-43-20-11-19-12-21(64-62-60-52)1-5-28(19)41-17-20/h1-17,49,52-53H,40H2,(H,50,51)(H,54,55,56)(H,57,58,59)/b44-43+,46-45+,48-47+. The highest BCUT2D eigenvalue weighted by Crippen LogP contribution is 2.46. The molecule has 0 saturated carbocycles. The van der Waals surface area contributed by atoms with Crippen molar-refractivity contribution in [3.05, 3.63) is 109 Å². The number of nitrogens with two attached hydrogens (primary N) is 1. The predicted octanol–water partition coefficient (Wildman–Crippen LogP) is 10.7. The summed E-state index contributed by atoms with van der Waals surface area (Å²) in [6, 6.07) is 22.2. The number of fused-ring (bicyclic) bond motifs is 4. The van der Waals surface area contributed by atoms with Crippen LogP contribution in [0.5, 0.6) is 5.75 Å². The van der Waals surface area contributed by atoms with Crippen LogP contribution in [-0.2, 0) is 39.0 Å². The lowest BCUT2D eigenvalue weighted by Gasteiger charge is -2.11. The normalized spacial score (nSPS) is 12.5. The number of aromatic nitrogens is 2. The van der Waals surface area contributed by atoms with Crippen LogP contribution < -0.4 is 5.73 Å². The highest BCUT2D eigenvalue weighted by Gasteiger charge is 2.22. The first-order chi connectivity index (χ1) is 32.0. The van der Waals surface area contributed by atoms with E-state index in [4.69, 9.17) is 16.2 Å². The summed E-state index contributed by atoms with van der Waals surface area (Å²) in [5, 5.41) is 72.9. The van der Waals surface area contributed by atoms with E-state index in [-0.39, 0.29) is 60.4 Å². The largest absolute Gasteiger partial charge is 0.505 e. The molecule has 0 aliphatic rings. The summed E-state index contributed by atoms with van der Waals surface area (Å²) in [6.07, 6.45) is 1.48. The quantitative estimate of drug-likeness (QED) is 0.0125. The Morgan fingerprint density at radius 3 is 2.00 bits per heavy atom. The second kappa shape index (κ2) is 19.0. The number of rotatable bonds is 15. The molecule has 340 valence electrons. The Bertz CT molecular complexity index is 3660. The summed E-state index contributed by atoms with van der Waals surface area (Å²) in [5.41, 5.74) is 6.06. The molecule has 6 aromatic carbocycles. The molecular formula is C39H25N9O15S4. The van der Waals surface area contributed by atoms with Crippen LogP contribution in [-0.4, -0.2) is 62.6 Å². The average Bonchev–Trinajstić information content (AvgIpc) is 3.30. The lowest BCUT2D eigenvalue weighted by atomic mass is 10.1. The Kier molecular flexibility index (Phi) is 13.1. The minimum atomic E-state index is -4.78. The molecule has 0 aliphatic heterocycles. The minimum Gasteiger partial charge on any atom is -0.505 e. The van der Waals surface area contributed by atoms with Crippen LogP contribution >= 0.6 is 24.1 Å². The van der Waals surface area contributed by atoms with E-state index in [1.807, 2.05) is 0 Å². The van der Waals surface area contributed by atoms with Gasteiger partial charge in [-0.25, -0.2) is 20.3 Å². The summed E-state index contributed by atoms with van der Waals surface area (Å²) < 4.78 is 76.8. The molecule has 28 heteroatoms. The molecule has 0 radical (unpaired) electrons. The van der Waals surface area contributed by atoms with Gasteiger partial charge in [0.05, 0.1) is 68.3 Å². The van der Waals surface area contributed by atoms with E-state index in [0.29, 0.717) is 38.9 Å². The molecule has 0 atom stereocenters. The number of azo groups is 3. The number of pyridine rings is 2. The van der Waals surface area contributed by atoms with Crippen molar-refractivity contribution in [3.8, 4) is 5.75 Å². The van der Waals surface area contributed by atoms with Gasteiger partial charge < -0.3 is 15.9 Å².